The molecule has 9 fully saturated rings. The van der Waals surface area contributed by atoms with E-state index in [9.17, 15) is 45.6 Å². The van der Waals surface area contributed by atoms with Crippen molar-refractivity contribution in [1.29, 1.82) is 0 Å². The topological polar surface area (TPSA) is 256 Å². The van der Waals surface area contributed by atoms with E-state index in [1.54, 1.807) is 30.3 Å². The molecule has 0 aromatic heterocycles. The number of phenolic OH excluding ortho intramolecular Hbond substituents is 1. The number of hydrogen-bond acceptors (Lipinski definition) is 17. The maximum atomic E-state index is 17.1. The molecule has 3 aromatic carbocycles. The molecule has 0 amide bonds. The number of aldehydes is 1. The van der Waals surface area contributed by atoms with Crippen LogP contribution in [0.3, 0.4) is 0 Å². The number of aliphatic hydroxyl groups excluding tert-OH is 5. The van der Waals surface area contributed by atoms with Gasteiger partial charge in [-0.1, -0.05) is 88.7 Å². The molecule has 0 unspecified atom stereocenters. The molecule has 3 aliphatic heterocycles. The van der Waals surface area contributed by atoms with E-state index in [-0.39, 0.29) is 94.3 Å². The summed E-state index contributed by atoms with van der Waals surface area (Å²) >= 11 is 0. The molecule has 16 aliphatic rings. The minimum atomic E-state index is -2.39. The van der Waals surface area contributed by atoms with E-state index in [1.165, 1.54) is 39.0 Å². The van der Waals surface area contributed by atoms with E-state index in [2.05, 4.69) is 28.9 Å². The van der Waals surface area contributed by atoms with Gasteiger partial charge in [0, 0.05) is 40.5 Å². The monoisotopic (exact) mass is 1330 g/mol. The first-order valence-corrected chi connectivity index (χ1v) is 38.2. The lowest BCUT2D eigenvalue weighted by Gasteiger charge is -2.65. The van der Waals surface area contributed by atoms with Gasteiger partial charge < -0.3 is 65.8 Å². The number of Topliss-reactive ketones (excluding diaryl/α,β-unsaturated/α-hetero) is 2. The van der Waals surface area contributed by atoms with Gasteiger partial charge >= 0.3 is 0 Å². The first-order valence-electron chi connectivity index (χ1n) is 35.8. The number of ether oxygens (including phenoxy) is 2. The Hall–Kier alpha value is -5.21. The zero-order valence-corrected chi connectivity index (χ0v) is 55.6. The molecular formula is C78H90N2O13S2. The van der Waals surface area contributed by atoms with Crippen LogP contribution in [0.25, 0.3) is 0 Å². The van der Waals surface area contributed by atoms with Gasteiger partial charge in [-0.25, -0.2) is 0 Å². The van der Waals surface area contributed by atoms with Crippen LogP contribution in [0.4, 0.5) is 0 Å². The second-order valence-electron chi connectivity index (χ2n) is 33.2. The van der Waals surface area contributed by atoms with Gasteiger partial charge in [-0.15, -0.1) is 0 Å². The van der Waals surface area contributed by atoms with Crippen molar-refractivity contribution in [1.82, 2.24) is 10.6 Å². The third kappa shape index (κ3) is 8.73. The number of benzene rings is 3. The fourth-order valence-electron chi connectivity index (χ4n) is 25.6. The number of dihydropyridines is 1. The van der Waals surface area contributed by atoms with Crippen molar-refractivity contribution in [3.8, 4) is 11.5 Å². The van der Waals surface area contributed by atoms with Crippen molar-refractivity contribution in [3.63, 3.8) is 0 Å². The lowest BCUT2D eigenvalue weighted by atomic mass is 9.46. The van der Waals surface area contributed by atoms with Crippen LogP contribution in [0, 0.1) is 86.3 Å². The van der Waals surface area contributed by atoms with Crippen LogP contribution in [0.15, 0.2) is 125 Å². The fraction of sp³-hybridized carbons (Fsp3) is 0.603. The summed E-state index contributed by atoms with van der Waals surface area (Å²) in [6.07, 6.45) is 20.4. The van der Waals surface area contributed by atoms with Crippen LogP contribution in [0.5, 0.6) is 11.5 Å². The van der Waals surface area contributed by atoms with Crippen molar-refractivity contribution in [2.24, 2.45) is 86.3 Å². The number of rotatable bonds is 7. The van der Waals surface area contributed by atoms with Gasteiger partial charge in [-0.05, 0) is 250 Å². The Labute approximate surface area is 563 Å². The Kier molecular flexibility index (Phi) is 14.3. The predicted molar refractivity (Wildman–Crippen MR) is 358 cm³/mol. The smallest absolute Gasteiger partial charge is 0.229 e. The molecule has 0 radical (unpaired) electrons. The fourth-order valence-corrected chi connectivity index (χ4v) is 28.7. The van der Waals surface area contributed by atoms with Gasteiger partial charge in [0.2, 0.25) is 6.29 Å². The van der Waals surface area contributed by atoms with Gasteiger partial charge in [0.1, 0.15) is 52.4 Å². The summed E-state index contributed by atoms with van der Waals surface area (Å²) in [7, 11) is 3.01. The third-order valence-corrected chi connectivity index (χ3v) is 31.6. The Morgan fingerprint density at radius 1 is 0.779 bits per heavy atom. The molecule has 502 valence electrons. The zero-order valence-electron chi connectivity index (χ0n) is 53.9. The number of carbonyl (C=O) groups is 3. The van der Waals surface area contributed by atoms with Crippen molar-refractivity contribution in [3.05, 3.63) is 153 Å². The average Bonchev–Trinajstić information content (AvgIpc) is 1.57. The maximum Gasteiger partial charge on any atom is 0.229 e. The van der Waals surface area contributed by atoms with E-state index in [0.29, 0.717) is 72.9 Å². The number of ketones is 2. The summed E-state index contributed by atoms with van der Waals surface area (Å²) in [6.45, 7) is -0.381. The molecule has 13 bridgehead atoms. The van der Waals surface area contributed by atoms with Crippen molar-refractivity contribution in [2.75, 3.05) is 19.0 Å². The molecular weight excluding hydrogens is 1240 g/mol. The minimum Gasteiger partial charge on any atom is -0.511 e. The minimum absolute atomic E-state index is 0.0161. The van der Waals surface area contributed by atoms with Crippen LogP contribution in [-0.4, -0.2) is 118 Å². The second kappa shape index (κ2) is 21.9. The Bertz CT molecular complexity index is 3920. The van der Waals surface area contributed by atoms with E-state index in [0.717, 1.165) is 107 Å². The number of allylic oxidation sites excluding steroid dienone is 7. The van der Waals surface area contributed by atoms with Crippen LogP contribution >= 0.6 is 21.6 Å². The van der Waals surface area contributed by atoms with Gasteiger partial charge in [-0.3, -0.25) is 9.59 Å². The summed E-state index contributed by atoms with van der Waals surface area (Å²) in [6, 6.07) is 20.1. The van der Waals surface area contributed by atoms with E-state index in [4.69, 9.17) is 9.47 Å². The molecule has 3 heterocycles. The van der Waals surface area contributed by atoms with Gasteiger partial charge in [0.25, 0.3) is 0 Å². The number of hydrogen-bond donors (Lipinski definition) is 10. The highest BCUT2D eigenvalue weighted by Crippen LogP contribution is 2.80. The molecule has 15 nitrogen and oxygen atoms in total. The summed E-state index contributed by atoms with van der Waals surface area (Å²) in [5.41, 5.74) is -2.24. The lowest BCUT2D eigenvalue weighted by molar-refractivity contribution is -0.392. The summed E-state index contributed by atoms with van der Waals surface area (Å²) in [5.74, 6) is -2.63. The van der Waals surface area contributed by atoms with E-state index >= 15 is 9.59 Å². The molecule has 17 heteroatoms. The SMILES string of the molecule is O=C[C@H]1C[C@@]2(CC[C@]3(CC[C@H](Cc4cccc(O)c4)C3)C2)C[C@]12C[C@H]1C[C@H]3C[C@H]4C[C@]5(CO)O[C@H]6Oc7cccc8c7C(=O)[C@@]79C(O)=CC(Cc%10cccc(CO)c%10)=C(/C=C\[C@H]%10CCC[C@H]%11CC[C@H](C[C@@]%11%10O)[C@@H]7SSCNC7=CC(=C3CN7)[C@@]1(C2)[C@H]4[C@](O)([C@@H]5O)[C@H]6O)[C@@H]9C8=O. The molecule has 19 rings (SSSR count). The van der Waals surface area contributed by atoms with Crippen molar-refractivity contribution >= 4 is 39.4 Å². The number of aliphatic hydroxyl groups is 7. The molecule has 5 spiro atoms. The maximum absolute atomic E-state index is 17.1. The highest BCUT2D eigenvalue weighted by Gasteiger charge is 2.80. The normalized spacial score (nSPS) is 45.8. The Balaban J connectivity index is 0.773. The number of fused-ring (bicyclic) bond motifs is 4. The molecule has 22 atom stereocenters. The molecule has 95 heavy (non-hydrogen) atoms. The standard InChI is InChI=1S/C78H90N2O13S2/c81-35-45-7-1-5-42(22-45)23-47-27-60(85)77-63-55(47)16-15-51-9-3-8-50-14-13-46(31-76(50,51)90)68(77)95-94-41-80-61-28-58-57(34-79-61)48-25-49-30-74(40-83)70(89)78(91,67(88)69(93-74)92-59-12-4-11-56(64(63)86)62(59)66(77)87)65(49)75(58)39-73(33-52(75)26-48)38-72(32-53(73)36-82)20-19-71(37-72)18-17-44(29-71)21-43-6-2-10-54(84)24-43/h1-2,4-7,10-12,15-16,22,24,27-28,36,44,46,48-53,63,65,67-70,79-81,83-85,88-91H,3,8-9,13-14,17-21,23,25-26,29-35,37-41H2/b16-15-/t44-,46-,48-,49+,50+,51-,52-,53-,63-,65+,67+,68+,69-,70-,71+,72-,73+,74-,75+,76-,77+,78-/m1/s1. The molecule has 8 saturated carbocycles. The number of carbonyl (C=O) groups excluding carboxylic acids is 3. The van der Waals surface area contributed by atoms with Crippen molar-refractivity contribution in [2.45, 2.75) is 182 Å². The first-order chi connectivity index (χ1) is 45.8. The molecule has 13 aliphatic carbocycles. The van der Waals surface area contributed by atoms with E-state index < -0.39 is 86.8 Å². The van der Waals surface area contributed by atoms with Crippen LogP contribution in [0.1, 0.15) is 159 Å². The summed E-state index contributed by atoms with van der Waals surface area (Å²) in [4.78, 5) is 47.9. The van der Waals surface area contributed by atoms with Crippen LogP contribution < -0.4 is 15.4 Å². The van der Waals surface area contributed by atoms with E-state index in [1.807, 2.05) is 42.5 Å². The van der Waals surface area contributed by atoms with Crippen LogP contribution in [0.2, 0.25) is 0 Å². The predicted octanol–water partition coefficient (Wildman–Crippen LogP) is 10.6. The Morgan fingerprint density at radius 3 is 2.45 bits per heavy atom. The van der Waals surface area contributed by atoms with Gasteiger partial charge in [-0.2, -0.15) is 0 Å². The van der Waals surface area contributed by atoms with Crippen molar-refractivity contribution < 1.29 is 64.7 Å². The number of phenols is 1. The average molecular weight is 1330 g/mol. The second-order valence-corrected chi connectivity index (χ2v) is 35.7. The quantitative estimate of drug-likeness (QED) is 0.0779. The molecule has 10 N–H and O–H groups in total. The number of nitrogens with one attached hydrogen (secondary N) is 2. The first kappa shape index (κ1) is 62.1. The largest absolute Gasteiger partial charge is 0.511 e. The number of aromatic hydroxyl groups is 1. The highest BCUT2D eigenvalue weighted by molar-refractivity contribution is 8.77. The van der Waals surface area contributed by atoms with Crippen LogP contribution in [-0.2, 0) is 29.0 Å². The lowest BCUT2D eigenvalue weighted by Crippen LogP contribution is -2.81. The third-order valence-electron chi connectivity index (χ3n) is 28.8. The van der Waals surface area contributed by atoms with Gasteiger partial charge in [0.05, 0.1) is 42.0 Å². The Morgan fingerprint density at radius 2 is 1.61 bits per heavy atom. The molecule has 1 saturated heterocycles. The highest BCUT2D eigenvalue weighted by atomic mass is 33.1. The summed E-state index contributed by atoms with van der Waals surface area (Å²) in [5, 5.41) is 108. The summed E-state index contributed by atoms with van der Waals surface area (Å²) < 4.78 is 14.0. The molecule has 3 aromatic rings. The van der Waals surface area contributed by atoms with Gasteiger partial charge in [0.15, 0.2) is 11.6 Å². The zero-order chi connectivity index (χ0) is 65.0.